The second kappa shape index (κ2) is 6.08. The molecule has 0 bridgehead atoms. The zero-order valence-corrected chi connectivity index (χ0v) is 11.8. The maximum atomic E-state index is 13.1. The van der Waals surface area contributed by atoms with Crippen LogP contribution in [-0.4, -0.2) is 22.2 Å². The average molecular weight is 327 g/mol. The fourth-order valence-corrected chi connectivity index (χ4v) is 2.03. The Morgan fingerprint density at radius 3 is 2.84 bits per heavy atom. The van der Waals surface area contributed by atoms with Crippen molar-refractivity contribution in [1.29, 1.82) is 0 Å². The number of benzene rings is 1. The number of nitrogens with zero attached hydrogens (tertiary/aromatic N) is 2. The van der Waals surface area contributed by atoms with E-state index in [0.29, 0.717) is 28.0 Å². The van der Waals surface area contributed by atoms with E-state index < -0.39 is 6.10 Å². The maximum absolute atomic E-state index is 13.1. The van der Waals surface area contributed by atoms with Crippen molar-refractivity contribution in [2.75, 3.05) is 7.11 Å². The van der Waals surface area contributed by atoms with Gasteiger partial charge in [-0.05, 0) is 33.6 Å². The number of hydrogen-bond donors (Lipinski definition) is 1. The Bertz CT molecular complexity index is 580. The van der Waals surface area contributed by atoms with Gasteiger partial charge in [0.25, 0.3) is 0 Å². The zero-order valence-electron chi connectivity index (χ0n) is 10.2. The third kappa shape index (κ3) is 3.48. The molecule has 19 heavy (non-hydrogen) atoms. The summed E-state index contributed by atoms with van der Waals surface area (Å²) < 4.78 is 18.4. The Labute approximate surface area is 118 Å². The van der Waals surface area contributed by atoms with Crippen molar-refractivity contribution < 1.29 is 14.2 Å². The molecular weight excluding hydrogens is 315 g/mol. The average Bonchev–Trinajstić information content (AvgIpc) is 2.42. The summed E-state index contributed by atoms with van der Waals surface area (Å²) in [4.78, 5) is 7.95. The van der Waals surface area contributed by atoms with E-state index in [1.165, 1.54) is 19.5 Å². The van der Waals surface area contributed by atoms with Crippen molar-refractivity contribution >= 4 is 15.9 Å². The van der Waals surface area contributed by atoms with Gasteiger partial charge in [0, 0.05) is 12.5 Å². The van der Waals surface area contributed by atoms with E-state index in [1.54, 1.807) is 18.2 Å². The number of rotatable bonds is 4. The van der Waals surface area contributed by atoms with Gasteiger partial charge in [0.2, 0.25) is 5.88 Å². The zero-order chi connectivity index (χ0) is 13.8. The highest BCUT2D eigenvalue weighted by molar-refractivity contribution is 9.10. The van der Waals surface area contributed by atoms with Gasteiger partial charge in [-0.2, -0.15) is 0 Å². The van der Waals surface area contributed by atoms with Gasteiger partial charge >= 0.3 is 0 Å². The van der Waals surface area contributed by atoms with Crippen molar-refractivity contribution in [3.63, 3.8) is 0 Å². The minimum Gasteiger partial charge on any atom is -0.481 e. The molecule has 1 aromatic heterocycles. The van der Waals surface area contributed by atoms with E-state index in [2.05, 4.69) is 25.9 Å². The van der Waals surface area contributed by atoms with E-state index in [0.717, 1.165) is 0 Å². The first-order valence-corrected chi connectivity index (χ1v) is 6.37. The summed E-state index contributed by atoms with van der Waals surface area (Å²) in [6, 6.07) is 6.06. The number of aromatic nitrogens is 2. The van der Waals surface area contributed by atoms with E-state index in [1.807, 2.05) is 0 Å². The molecule has 0 spiro atoms. The number of aliphatic hydroxyl groups is 1. The maximum Gasteiger partial charge on any atom is 0.216 e. The predicted octanol–water partition coefficient (Wildman–Crippen LogP) is 2.66. The molecule has 1 heterocycles. The molecule has 0 aliphatic heterocycles. The molecule has 0 fully saturated rings. The van der Waals surface area contributed by atoms with Gasteiger partial charge in [-0.1, -0.05) is 6.07 Å². The molecule has 1 atom stereocenters. The molecule has 2 aromatic rings. The summed E-state index contributed by atoms with van der Waals surface area (Å²) >= 11 is 3.09. The van der Waals surface area contributed by atoms with Crippen LogP contribution in [-0.2, 0) is 6.42 Å². The highest BCUT2D eigenvalue weighted by Crippen LogP contribution is 2.23. The van der Waals surface area contributed by atoms with Crippen molar-refractivity contribution in [3.8, 4) is 5.88 Å². The smallest absolute Gasteiger partial charge is 0.216 e. The number of halogens is 2. The van der Waals surface area contributed by atoms with Crippen molar-refractivity contribution in [2.45, 2.75) is 12.5 Å². The number of aliphatic hydroxyl groups excluding tert-OH is 1. The molecule has 1 aromatic carbocycles. The Morgan fingerprint density at radius 1 is 1.37 bits per heavy atom. The van der Waals surface area contributed by atoms with Gasteiger partial charge in [-0.3, -0.25) is 0 Å². The topological polar surface area (TPSA) is 55.2 Å². The molecule has 0 saturated heterocycles. The lowest BCUT2D eigenvalue weighted by molar-refractivity contribution is 0.177. The Balaban J connectivity index is 2.15. The quantitative estimate of drug-likeness (QED) is 0.938. The molecule has 4 nitrogen and oxygen atoms in total. The molecular formula is C13H12BrFN2O2. The van der Waals surface area contributed by atoms with Crippen LogP contribution in [0.3, 0.4) is 0 Å². The Morgan fingerprint density at radius 2 is 2.16 bits per heavy atom. The highest BCUT2D eigenvalue weighted by Gasteiger charge is 2.12. The van der Waals surface area contributed by atoms with Gasteiger partial charge in [0.1, 0.15) is 12.1 Å². The third-order valence-corrected chi connectivity index (χ3v) is 3.25. The molecule has 2 rings (SSSR count). The van der Waals surface area contributed by atoms with Gasteiger partial charge in [0.05, 0.1) is 23.4 Å². The Hall–Kier alpha value is -1.53. The predicted molar refractivity (Wildman–Crippen MR) is 71.3 cm³/mol. The standard InChI is InChI=1S/C13H12BrFN2O2/c1-19-13-6-9(16-7-17-13)5-12(18)8-2-3-11(15)10(14)4-8/h2-4,6-7,12,18H,5H2,1H3. The van der Waals surface area contributed by atoms with Crippen LogP contribution in [0.1, 0.15) is 17.4 Å². The van der Waals surface area contributed by atoms with Gasteiger partial charge in [-0.15, -0.1) is 0 Å². The fraction of sp³-hybridized carbons (Fsp3) is 0.231. The minimum absolute atomic E-state index is 0.303. The molecule has 100 valence electrons. The van der Waals surface area contributed by atoms with Gasteiger partial charge < -0.3 is 9.84 Å². The molecule has 0 radical (unpaired) electrons. The third-order valence-electron chi connectivity index (χ3n) is 2.64. The molecule has 6 heteroatoms. The molecule has 1 unspecified atom stereocenters. The summed E-state index contributed by atoms with van der Waals surface area (Å²) in [5.74, 6) is 0.0807. The summed E-state index contributed by atoms with van der Waals surface area (Å²) in [5, 5.41) is 10.1. The first kappa shape index (κ1) is 13.9. The van der Waals surface area contributed by atoms with E-state index in [9.17, 15) is 9.50 Å². The SMILES string of the molecule is COc1cc(CC(O)c2ccc(F)c(Br)c2)ncn1. The molecule has 0 aliphatic rings. The number of hydrogen-bond acceptors (Lipinski definition) is 4. The van der Waals surface area contributed by atoms with Crippen LogP contribution in [0.5, 0.6) is 5.88 Å². The molecule has 0 aliphatic carbocycles. The van der Waals surface area contributed by atoms with Crippen LogP contribution in [0.25, 0.3) is 0 Å². The molecule has 0 saturated carbocycles. The summed E-state index contributed by atoms with van der Waals surface area (Å²) in [6.45, 7) is 0. The van der Waals surface area contributed by atoms with Crippen LogP contribution in [0.4, 0.5) is 4.39 Å². The first-order chi connectivity index (χ1) is 9.10. The van der Waals surface area contributed by atoms with E-state index in [4.69, 9.17) is 4.74 Å². The highest BCUT2D eigenvalue weighted by atomic mass is 79.9. The van der Waals surface area contributed by atoms with E-state index in [-0.39, 0.29) is 5.82 Å². The number of methoxy groups -OCH3 is 1. The van der Waals surface area contributed by atoms with Crippen LogP contribution < -0.4 is 4.74 Å². The van der Waals surface area contributed by atoms with Crippen LogP contribution >= 0.6 is 15.9 Å². The van der Waals surface area contributed by atoms with Crippen molar-refractivity contribution in [3.05, 3.63) is 52.1 Å². The second-order valence-corrected chi connectivity index (χ2v) is 4.80. The monoisotopic (exact) mass is 326 g/mol. The van der Waals surface area contributed by atoms with E-state index >= 15 is 0 Å². The minimum atomic E-state index is -0.767. The lowest BCUT2D eigenvalue weighted by Gasteiger charge is -2.11. The van der Waals surface area contributed by atoms with Crippen molar-refractivity contribution in [2.24, 2.45) is 0 Å². The fourth-order valence-electron chi connectivity index (χ4n) is 1.64. The van der Waals surface area contributed by atoms with Gasteiger partial charge in [-0.25, -0.2) is 14.4 Å². The second-order valence-electron chi connectivity index (χ2n) is 3.95. The van der Waals surface area contributed by atoms with Crippen molar-refractivity contribution in [1.82, 2.24) is 9.97 Å². The van der Waals surface area contributed by atoms with Gasteiger partial charge in [0.15, 0.2) is 0 Å². The summed E-state index contributed by atoms with van der Waals surface area (Å²) in [5.41, 5.74) is 1.27. The number of ether oxygens (including phenoxy) is 1. The normalized spacial score (nSPS) is 12.2. The lowest BCUT2D eigenvalue weighted by atomic mass is 10.0. The van der Waals surface area contributed by atoms with Crippen LogP contribution in [0.2, 0.25) is 0 Å². The molecule has 0 amide bonds. The first-order valence-electron chi connectivity index (χ1n) is 5.58. The summed E-state index contributed by atoms with van der Waals surface area (Å²) in [6.07, 6.45) is 0.912. The lowest BCUT2D eigenvalue weighted by Crippen LogP contribution is -2.04. The summed E-state index contributed by atoms with van der Waals surface area (Å²) in [7, 11) is 1.51. The Kier molecular flexibility index (Phi) is 4.44. The molecule has 1 N–H and O–H groups in total. The largest absolute Gasteiger partial charge is 0.481 e. The van der Waals surface area contributed by atoms with Crippen LogP contribution in [0, 0.1) is 5.82 Å². The van der Waals surface area contributed by atoms with Crippen LogP contribution in [0.15, 0.2) is 35.1 Å².